The quantitative estimate of drug-likeness (QED) is 0.262. The van der Waals surface area contributed by atoms with Gasteiger partial charge in [-0.3, -0.25) is 9.89 Å². The van der Waals surface area contributed by atoms with Crippen molar-refractivity contribution in [3.63, 3.8) is 0 Å². The number of hydrogen-bond acceptors (Lipinski definition) is 3. The first-order chi connectivity index (χ1) is 12.4. The van der Waals surface area contributed by atoms with E-state index in [2.05, 4.69) is 15.6 Å². The third-order valence-electron chi connectivity index (χ3n) is 4.24. The molecule has 1 saturated heterocycles. The van der Waals surface area contributed by atoms with Crippen molar-refractivity contribution in [2.45, 2.75) is 19.5 Å². The van der Waals surface area contributed by atoms with Gasteiger partial charge in [0.05, 0.1) is 13.1 Å². The van der Waals surface area contributed by atoms with Crippen LogP contribution in [0.15, 0.2) is 29.3 Å². The van der Waals surface area contributed by atoms with E-state index in [1.807, 2.05) is 31.2 Å². The van der Waals surface area contributed by atoms with E-state index in [0.29, 0.717) is 38.7 Å². The zero-order chi connectivity index (χ0) is 19.0. The largest absolute Gasteiger partial charge is 0.492 e. The summed E-state index contributed by atoms with van der Waals surface area (Å²) in [6.07, 6.45) is -3.37. The number of aliphatic imine (C=N–C) groups is 1. The van der Waals surface area contributed by atoms with Gasteiger partial charge in [0.25, 0.3) is 0 Å². The number of alkyl halides is 3. The van der Waals surface area contributed by atoms with Gasteiger partial charge in [0.2, 0.25) is 0 Å². The van der Waals surface area contributed by atoms with Gasteiger partial charge in [0.15, 0.2) is 5.96 Å². The highest BCUT2D eigenvalue weighted by atomic mass is 127. The minimum atomic E-state index is -4.13. The van der Waals surface area contributed by atoms with Gasteiger partial charge in [-0.2, -0.15) is 13.2 Å². The monoisotopic (exact) mass is 500 g/mol. The minimum Gasteiger partial charge on any atom is -0.492 e. The standard InChI is InChI=1S/C18H27F3N4O.HI/c1-14-3-5-16(6-4-14)26-10-8-23-17(22-2)24-11-15-7-9-25(12-15)13-18(19,20)21;/h3-6,15H,7-13H2,1-2H3,(H2,22,23,24);1H. The van der Waals surface area contributed by atoms with Crippen molar-refractivity contribution in [3.05, 3.63) is 29.8 Å². The zero-order valence-corrected chi connectivity index (χ0v) is 18.0. The van der Waals surface area contributed by atoms with E-state index in [0.717, 1.165) is 12.2 Å². The molecular formula is C18H28F3IN4O. The Morgan fingerprint density at radius 2 is 1.96 bits per heavy atom. The molecule has 0 spiro atoms. The summed E-state index contributed by atoms with van der Waals surface area (Å²) in [5.41, 5.74) is 1.18. The first-order valence-electron chi connectivity index (χ1n) is 8.79. The van der Waals surface area contributed by atoms with Crippen LogP contribution in [0.1, 0.15) is 12.0 Å². The molecular weight excluding hydrogens is 472 g/mol. The Kier molecular flexibility index (Phi) is 10.2. The van der Waals surface area contributed by atoms with Gasteiger partial charge in [-0.15, -0.1) is 24.0 Å². The van der Waals surface area contributed by atoms with Crippen LogP contribution in [0.2, 0.25) is 0 Å². The smallest absolute Gasteiger partial charge is 0.401 e. The summed E-state index contributed by atoms with van der Waals surface area (Å²) in [6.45, 7) is 3.82. The SMILES string of the molecule is CN=C(NCCOc1ccc(C)cc1)NCC1CCN(CC(F)(F)F)C1.I. The molecule has 5 nitrogen and oxygen atoms in total. The predicted molar refractivity (Wildman–Crippen MR) is 112 cm³/mol. The van der Waals surface area contributed by atoms with Crippen LogP contribution >= 0.6 is 24.0 Å². The average molecular weight is 500 g/mol. The van der Waals surface area contributed by atoms with Crippen molar-refractivity contribution in [2.75, 3.05) is 46.4 Å². The van der Waals surface area contributed by atoms with Crippen molar-refractivity contribution < 1.29 is 17.9 Å². The summed E-state index contributed by atoms with van der Waals surface area (Å²) in [5.74, 6) is 1.64. The minimum absolute atomic E-state index is 0. The molecule has 2 N–H and O–H groups in total. The summed E-state index contributed by atoms with van der Waals surface area (Å²) >= 11 is 0. The Morgan fingerprint density at radius 1 is 1.26 bits per heavy atom. The number of likely N-dealkylation sites (tertiary alicyclic amines) is 1. The third kappa shape index (κ3) is 9.50. The fraction of sp³-hybridized carbons (Fsp3) is 0.611. The number of ether oxygens (including phenoxy) is 1. The Balaban J connectivity index is 0.00000364. The van der Waals surface area contributed by atoms with Crippen LogP contribution in [0, 0.1) is 12.8 Å². The molecule has 2 rings (SSSR count). The molecule has 1 atom stereocenters. The van der Waals surface area contributed by atoms with E-state index < -0.39 is 12.7 Å². The second-order valence-electron chi connectivity index (χ2n) is 6.55. The summed E-state index contributed by atoms with van der Waals surface area (Å²) in [5, 5.41) is 6.32. The Hall–Kier alpha value is -1.23. The number of aryl methyl sites for hydroxylation is 1. The molecule has 1 unspecified atom stereocenters. The second-order valence-corrected chi connectivity index (χ2v) is 6.55. The maximum Gasteiger partial charge on any atom is 0.401 e. The molecule has 0 radical (unpaired) electrons. The second kappa shape index (κ2) is 11.6. The highest BCUT2D eigenvalue weighted by molar-refractivity contribution is 14.0. The molecule has 1 fully saturated rings. The lowest BCUT2D eigenvalue weighted by Gasteiger charge is -2.18. The molecule has 1 aliphatic heterocycles. The molecule has 0 aromatic heterocycles. The van der Waals surface area contributed by atoms with Gasteiger partial charge in [0.1, 0.15) is 12.4 Å². The van der Waals surface area contributed by atoms with Crippen LogP contribution in [0.25, 0.3) is 0 Å². The number of guanidine groups is 1. The van der Waals surface area contributed by atoms with Crippen LogP contribution in [0.4, 0.5) is 13.2 Å². The van der Waals surface area contributed by atoms with Crippen molar-refractivity contribution >= 4 is 29.9 Å². The van der Waals surface area contributed by atoms with Gasteiger partial charge in [-0.25, -0.2) is 0 Å². The number of nitrogens with one attached hydrogen (secondary N) is 2. The number of hydrogen-bond donors (Lipinski definition) is 2. The number of rotatable bonds is 7. The van der Waals surface area contributed by atoms with Gasteiger partial charge < -0.3 is 15.4 Å². The summed E-state index contributed by atoms with van der Waals surface area (Å²) in [6, 6.07) is 7.84. The van der Waals surface area contributed by atoms with Crippen LogP contribution in [0.5, 0.6) is 5.75 Å². The average Bonchev–Trinajstić information content (AvgIpc) is 3.01. The van der Waals surface area contributed by atoms with Crippen LogP contribution < -0.4 is 15.4 Å². The van der Waals surface area contributed by atoms with E-state index in [4.69, 9.17) is 4.74 Å². The molecule has 0 saturated carbocycles. The van der Waals surface area contributed by atoms with Crippen molar-refractivity contribution in [2.24, 2.45) is 10.9 Å². The van der Waals surface area contributed by atoms with E-state index in [-0.39, 0.29) is 29.9 Å². The number of benzene rings is 1. The van der Waals surface area contributed by atoms with Crippen molar-refractivity contribution in [1.82, 2.24) is 15.5 Å². The molecule has 0 amide bonds. The molecule has 1 aromatic rings. The van der Waals surface area contributed by atoms with Crippen molar-refractivity contribution in [3.8, 4) is 5.75 Å². The van der Waals surface area contributed by atoms with Gasteiger partial charge >= 0.3 is 6.18 Å². The van der Waals surface area contributed by atoms with E-state index in [1.54, 1.807) is 7.05 Å². The van der Waals surface area contributed by atoms with Crippen LogP contribution in [-0.2, 0) is 0 Å². The lowest BCUT2D eigenvalue weighted by Crippen LogP contribution is -2.42. The highest BCUT2D eigenvalue weighted by Crippen LogP contribution is 2.22. The fourth-order valence-corrected chi connectivity index (χ4v) is 2.91. The van der Waals surface area contributed by atoms with Gasteiger partial charge in [0, 0.05) is 20.1 Å². The Morgan fingerprint density at radius 3 is 2.59 bits per heavy atom. The van der Waals surface area contributed by atoms with Crippen LogP contribution in [0.3, 0.4) is 0 Å². The Bertz CT molecular complexity index is 581. The molecule has 154 valence electrons. The Labute approximate surface area is 175 Å². The number of halogens is 4. The van der Waals surface area contributed by atoms with E-state index >= 15 is 0 Å². The first kappa shape index (κ1) is 23.8. The normalized spacial score (nSPS) is 18.1. The maximum atomic E-state index is 12.4. The fourth-order valence-electron chi connectivity index (χ4n) is 2.91. The summed E-state index contributed by atoms with van der Waals surface area (Å²) < 4.78 is 42.9. The van der Waals surface area contributed by atoms with Crippen molar-refractivity contribution in [1.29, 1.82) is 0 Å². The zero-order valence-electron chi connectivity index (χ0n) is 15.7. The van der Waals surface area contributed by atoms with Crippen LogP contribution in [-0.4, -0.2) is 63.4 Å². The highest BCUT2D eigenvalue weighted by Gasteiger charge is 2.34. The lowest BCUT2D eigenvalue weighted by molar-refractivity contribution is -0.143. The van der Waals surface area contributed by atoms with Gasteiger partial charge in [-0.1, -0.05) is 17.7 Å². The summed E-state index contributed by atoms with van der Waals surface area (Å²) in [7, 11) is 1.67. The molecule has 9 heteroatoms. The maximum absolute atomic E-state index is 12.4. The molecule has 0 bridgehead atoms. The molecule has 1 aliphatic rings. The molecule has 0 aliphatic carbocycles. The third-order valence-corrected chi connectivity index (χ3v) is 4.24. The number of nitrogens with zero attached hydrogens (tertiary/aromatic N) is 2. The molecule has 1 heterocycles. The molecule has 27 heavy (non-hydrogen) atoms. The van der Waals surface area contributed by atoms with E-state index in [1.165, 1.54) is 10.5 Å². The first-order valence-corrected chi connectivity index (χ1v) is 8.79. The van der Waals surface area contributed by atoms with E-state index in [9.17, 15) is 13.2 Å². The summed E-state index contributed by atoms with van der Waals surface area (Å²) in [4.78, 5) is 5.59. The predicted octanol–water partition coefficient (Wildman–Crippen LogP) is 3.04. The van der Waals surface area contributed by atoms with Gasteiger partial charge in [-0.05, 0) is 37.9 Å². The molecule has 1 aromatic carbocycles. The topological polar surface area (TPSA) is 48.9 Å². The lowest BCUT2D eigenvalue weighted by atomic mass is 10.1.